The summed E-state index contributed by atoms with van der Waals surface area (Å²) in [5.74, 6) is -1.44. The van der Waals surface area contributed by atoms with Crippen LogP contribution in [-0.4, -0.2) is 6.54 Å². The molecule has 2 aromatic rings. The molecule has 0 aliphatic rings. The zero-order valence-electron chi connectivity index (χ0n) is 11.8. The molecule has 0 saturated carbocycles. The summed E-state index contributed by atoms with van der Waals surface area (Å²) in [6, 6.07) is 7.87. The number of rotatable bonds is 5. The van der Waals surface area contributed by atoms with Gasteiger partial charge in [-0.1, -0.05) is 13.0 Å². The quantitative estimate of drug-likeness (QED) is 0.820. The second kappa shape index (κ2) is 7.00. The van der Waals surface area contributed by atoms with Gasteiger partial charge in [0.1, 0.15) is 5.75 Å². The third-order valence-corrected chi connectivity index (χ3v) is 3.56. The van der Waals surface area contributed by atoms with Crippen LogP contribution in [0.25, 0.3) is 0 Å². The molecule has 0 heterocycles. The molecule has 0 atom stereocenters. The van der Waals surface area contributed by atoms with Gasteiger partial charge in [-0.25, -0.2) is 8.78 Å². The summed E-state index contributed by atoms with van der Waals surface area (Å²) in [5, 5.41) is 3.02. The van der Waals surface area contributed by atoms with Crippen LogP contribution in [0.4, 0.5) is 8.78 Å². The van der Waals surface area contributed by atoms with Gasteiger partial charge >= 0.3 is 0 Å². The predicted molar refractivity (Wildman–Crippen MR) is 82.7 cm³/mol. The number of nitrogens with one attached hydrogen (secondary N) is 1. The standard InChI is InChI=1S/C16H16BrF2NO/c1-3-20-9-11-7-13(18)16(14(19)8-11)21-15-5-4-10(2)6-12(15)17/h4-8,20H,3,9H2,1-2H3. The van der Waals surface area contributed by atoms with Gasteiger partial charge in [0.2, 0.25) is 0 Å². The molecule has 2 nitrogen and oxygen atoms in total. The van der Waals surface area contributed by atoms with Gasteiger partial charge in [0.15, 0.2) is 17.4 Å². The molecule has 2 aromatic carbocycles. The van der Waals surface area contributed by atoms with Gasteiger partial charge in [-0.3, -0.25) is 0 Å². The lowest BCUT2D eigenvalue weighted by Crippen LogP contribution is -2.12. The monoisotopic (exact) mass is 355 g/mol. The van der Waals surface area contributed by atoms with Crippen LogP contribution in [0.1, 0.15) is 18.1 Å². The van der Waals surface area contributed by atoms with E-state index in [-0.39, 0.29) is 5.75 Å². The van der Waals surface area contributed by atoms with Crippen molar-refractivity contribution in [2.75, 3.05) is 6.54 Å². The fourth-order valence-electron chi connectivity index (χ4n) is 1.88. The largest absolute Gasteiger partial charge is 0.450 e. The van der Waals surface area contributed by atoms with E-state index >= 15 is 0 Å². The van der Waals surface area contributed by atoms with E-state index in [9.17, 15) is 8.78 Å². The first-order valence-electron chi connectivity index (χ1n) is 6.64. The molecule has 0 unspecified atom stereocenters. The van der Waals surface area contributed by atoms with Gasteiger partial charge in [0.25, 0.3) is 0 Å². The van der Waals surface area contributed by atoms with Crippen molar-refractivity contribution in [2.45, 2.75) is 20.4 Å². The first kappa shape index (κ1) is 15.9. The Labute approximate surface area is 131 Å². The highest BCUT2D eigenvalue weighted by Crippen LogP contribution is 2.33. The van der Waals surface area contributed by atoms with Gasteiger partial charge < -0.3 is 10.1 Å². The number of ether oxygens (including phenoxy) is 1. The molecule has 0 saturated heterocycles. The maximum atomic E-state index is 14.0. The summed E-state index contributed by atoms with van der Waals surface area (Å²) in [5.41, 5.74) is 1.57. The van der Waals surface area contributed by atoms with Crippen molar-refractivity contribution < 1.29 is 13.5 Å². The van der Waals surface area contributed by atoms with Crippen LogP contribution in [0, 0.1) is 18.6 Å². The van der Waals surface area contributed by atoms with Gasteiger partial charge in [0.05, 0.1) is 4.47 Å². The van der Waals surface area contributed by atoms with Gasteiger partial charge in [-0.2, -0.15) is 0 Å². The van der Waals surface area contributed by atoms with Crippen molar-refractivity contribution in [3.8, 4) is 11.5 Å². The number of hydrogen-bond donors (Lipinski definition) is 1. The first-order chi connectivity index (χ1) is 10.0. The molecule has 0 amide bonds. The lowest BCUT2D eigenvalue weighted by atomic mass is 10.2. The Bertz CT molecular complexity index is 623. The Morgan fingerprint density at radius 2 is 1.81 bits per heavy atom. The average molecular weight is 356 g/mol. The minimum Gasteiger partial charge on any atom is -0.450 e. The zero-order chi connectivity index (χ0) is 15.4. The zero-order valence-corrected chi connectivity index (χ0v) is 13.4. The Hall–Kier alpha value is -1.46. The summed E-state index contributed by atoms with van der Waals surface area (Å²) >= 11 is 3.32. The summed E-state index contributed by atoms with van der Waals surface area (Å²) in [7, 11) is 0. The highest BCUT2D eigenvalue weighted by Gasteiger charge is 2.15. The van der Waals surface area contributed by atoms with Crippen LogP contribution >= 0.6 is 15.9 Å². The fourth-order valence-corrected chi connectivity index (χ4v) is 2.45. The molecule has 112 valence electrons. The minimum atomic E-state index is -0.713. The summed E-state index contributed by atoms with van der Waals surface area (Å²) in [6.45, 7) is 5.00. The first-order valence-corrected chi connectivity index (χ1v) is 7.43. The van der Waals surface area contributed by atoms with Gasteiger partial charge in [-0.15, -0.1) is 0 Å². The molecular weight excluding hydrogens is 340 g/mol. The summed E-state index contributed by atoms with van der Waals surface area (Å²) in [6.07, 6.45) is 0. The van der Waals surface area contributed by atoms with Crippen LogP contribution in [0.5, 0.6) is 11.5 Å². The van der Waals surface area contributed by atoms with Gasteiger partial charge in [-0.05, 0) is 64.8 Å². The van der Waals surface area contributed by atoms with E-state index in [4.69, 9.17) is 4.74 Å². The third-order valence-electron chi connectivity index (χ3n) is 2.94. The van der Waals surface area contributed by atoms with Crippen molar-refractivity contribution in [2.24, 2.45) is 0 Å². The minimum absolute atomic E-state index is 0.373. The predicted octanol–water partition coefficient (Wildman–Crippen LogP) is 4.94. The molecule has 0 aliphatic heterocycles. The SMILES string of the molecule is CCNCc1cc(F)c(Oc2ccc(C)cc2Br)c(F)c1. The smallest absolute Gasteiger partial charge is 0.198 e. The van der Waals surface area contributed by atoms with Crippen LogP contribution in [0.3, 0.4) is 0 Å². The van der Waals surface area contributed by atoms with Crippen molar-refractivity contribution in [1.82, 2.24) is 5.32 Å². The Morgan fingerprint density at radius 1 is 1.14 bits per heavy atom. The number of aryl methyl sites for hydroxylation is 1. The van der Waals surface area contributed by atoms with Crippen molar-refractivity contribution in [1.29, 1.82) is 0 Å². The van der Waals surface area contributed by atoms with Gasteiger partial charge in [0, 0.05) is 6.54 Å². The molecule has 1 N–H and O–H groups in total. The second-order valence-corrected chi connectivity index (χ2v) is 5.56. The van der Waals surface area contributed by atoms with Crippen LogP contribution < -0.4 is 10.1 Å². The molecule has 0 fully saturated rings. The fraction of sp³-hybridized carbons (Fsp3) is 0.250. The molecule has 21 heavy (non-hydrogen) atoms. The number of benzene rings is 2. The van der Waals surface area contributed by atoms with Crippen LogP contribution in [0.2, 0.25) is 0 Å². The van der Waals surface area contributed by atoms with Crippen molar-refractivity contribution in [3.63, 3.8) is 0 Å². The van der Waals surface area contributed by atoms with Crippen LogP contribution in [-0.2, 0) is 6.54 Å². The van der Waals surface area contributed by atoms with E-state index < -0.39 is 11.6 Å². The topological polar surface area (TPSA) is 21.3 Å². The van der Waals surface area contributed by atoms with E-state index in [1.54, 1.807) is 6.07 Å². The maximum absolute atomic E-state index is 14.0. The average Bonchev–Trinajstić information content (AvgIpc) is 2.42. The highest BCUT2D eigenvalue weighted by molar-refractivity contribution is 9.10. The molecule has 0 spiro atoms. The van der Waals surface area contributed by atoms with E-state index in [1.165, 1.54) is 12.1 Å². The molecule has 5 heteroatoms. The maximum Gasteiger partial charge on any atom is 0.198 e. The lowest BCUT2D eigenvalue weighted by Gasteiger charge is -2.11. The number of hydrogen-bond acceptors (Lipinski definition) is 2. The Morgan fingerprint density at radius 3 is 2.38 bits per heavy atom. The second-order valence-electron chi connectivity index (χ2n) is 4.70. The van der Waals surface area contributed by atoms with E-state index in [1.807, 2.05) is 26.0 Å². The molecule has 0 aliphatic carbocycles. The van der Waals surface area contributed by atoms with E-state index in [0.29, 0.717) is 22.3 Å². The highest BCUT2D eigenvalue weighted by atomic mass is 79.9. The van der Waals surface area contributed by atoms with Crippen molar-refractivity contribution >= 4 is 15.9 Å². The lowest BCUT2D eigenvalue weighted by molar-refractivity contribution is 0.404. The van der Waals surface area contributed by atoms with E-state index in [2.05, 4.69) is 21.2 Å². The van der Waals surface area contributed by atoms with E-state index in [0.717, 1.165) is 12.1 Å². The Kier molecular flexibility index (Phi) is 5.31. The molecular formula is C16H16BrF2NO. The molecule has 2 rings (SSSR count). The normalized spacial score (nSPS) is 10.7. The summed E-state index contributed by atoms with van der Waals surface area (Å²) in [4.78, 5) is 0. The summed E-state index contributed by atoms with van der Waals surface area (Å²) < 4.78 is 34.1. The van der Waals surface area contributed by atoms with Crippen molar-refractivity contribution in [3.05, 3.63) is 57.6 Å². The number of halogens is 3. The Balaban J connectivity index is 2.27. The third kappa shape index (κ3) is 4.02. The molecule has 0 radical (unpaired) electrons. The van der Waals surface area contributed by atoms with Crippen LogP contribution in [0.15, 0.2) is 34.8 Å². The molecule has 0 aromatic heterocycles. The molecule has 0 bridgehead atoms.